The largest absolute Gasteiger partial charge is 0.491 e. The predicted molar refractivity (Wildman–Crippen MR) is 71.8 cm³/mol. The highest BCUT2D eigenvalue weighted by Crippen LogP contribution is 2.34. The van der Waals surface area contributed by atoms with Crippen molar-refractivity contribution < 1.29 is 14.6 Å². The molecule has 0 saturated heterocycles. The van der Waals surface area contributed by atoms with E-state index in [1.165, 1.54) is 11.3 Å². The van der Waals surface area contributed by atoms with Gasteiger partial charge in [0.25, 0.3) is 0 Å². The lowest BCUT2D eigenvalue weighted by atomic mass is 10.1. The number of carbonyl (C=O) groups is 1. The number of aromatic nitrogens is 1. The van der Waals surface area contributed by atoms with Crippen LogP contribution >= 0.6 is 11.3 Å². The molecule has 1 aromatic heterocycles. The van der Waals surface area contributed by atoms with Crippen LogP contribution in [0.2, 0.25) is 0 Å². The maximum Gasteiger partial charge on any atom is 0.309 e. The van der Waals surface area contributed by atoms with Gasteiger partial charge in [0.1, 0.15) is 12.4 Å². The van der Waals surface area contributed by atoms with Crippen LogP contribution in [0.25, 0.3) is 0 Å². The average Bonchev–Trinajstić information content (AvgIpc) is 2.97. The van der Waals surface area contributed by atoms with Crippen molar-refractivity contribution in [1.82, 2.24) is 4.98 Å². The van der Waals surface area contributed by atoms with Crippen LogP contribution in [0.3, 0.4) is 0 Å². The SMILES string of the molecule is O=C(O)Cc1csc(NC2COc3ccccc32)n1. The Kier molecular flexibility index (Phi) is 3.08. The first-order valence-electron chi connectivity index (χ1n) is 5.87. The molecule has 2 N–H and O–H groups in total. The smallest absolute Gasteiger partial charge is 0.309 e. The first-order chi connectivity index (χ1) is 9.22. The number of hydrogen-bond donors (Lipinski definition) is 2. The number of nitrogens with one attached hydrogen (secondary N) is 1. The number of rotatable bonds is 4. The third kappa shape index (κ3) is 2.53. The summed E-state index contributed by atoms with van der Waals surface area (Å²) in [7, 11) is 0. The molecule has 1 aromatic carbocycles. The van der Waals surface area contributed by atoms with Gasteiger partial charge in [0.05, 0.1) is 18.2 Å². The Labute approximate surface area is 113 Å². The molecule has 0 amide bonds. The van der Waals surface area contributed by atoms with Gasteiger partial charge in [-0.25, -0.2) is 4.98 Å². The molecule has 1 aliphatic rings. The quantitative estimate of drug-likeness (QED) is 0.896. The highest BCUT2D eigenvalue weighted by atomic mass is 32.1. The van der Waals surface area contributed by atoms with E-state index in [0.717, 1.165) is 16.4 Å². The van der Waals surface area contributed by atoms with Crippen LogP contribution in [0.5, 0.6) is 5.75 Å². The summed E-state index contributed by atoms with van der Waals surface area (Å²) < 4.78 is 5.57. The van der Waals surface area contributed by atoms with Gasteiger partial charge in [0.15, 0.2) is 5.13 Å². The summed E-state index contributed by atoms with van der Waals surface area (Å²) in [6, 6.07) is 7.94. The minimum Gasteiger partial charge on any atom is -0.491 e. The lowest BCUT2D eigenvalue weighted by molar-refractivity contribution is -0.136. The Bertz CT molecular complexity index is 611. The third-order valence-electron chi connectivity index (χ3n) is 2.88. The Hall–Kier alpha value is -2.08. The summed E-state index contributed by atoms with van der Waals surface area (Å²) in [4.78, 5) is 14.9. The number of fused-ring (bicyclic) bond motifs is 1. The van der Waals surface area contributed by atoms with E-state index in [2.05, 4.69) is 10.3 Å². The van der Waals surface area contributed by atoms with E-state index in [1.807, 2.05) is 24.3 Å². The molecule has 2 aromatic rings. The van der Waals surface area contributed by atoms with E-state index < -0.39 is 5.97 Å². The van der Waals surface area contributed by atoms with E-state index >= 15 is 0 Å². The molecular weight excluding hydrogens is 264 g/mol. The van der Waals surface area contributed by atoms with Crippen LogP contribution in [0.4, 0.5) is 5.13 Å². The van der Waals surface area contributed by atoms with Crippen LogP contribution in [0, 0.1) is 0 Å². The van der Waals surface area contributed by atoms with Crippen molar-refractivity contribution in [3.05, 3.63) is 40.9 Å². The minimum atomic E-state index is -0.869. The van der Waals surface area contributed by atoms with Crippen molar-refractivity contribution in [2.24, 2.45) is 0 Å². The fourth-order valence-electron chi connectivity index (χ4n) is 2.04. The van der Waals surface area contributed by atoms with E-state index in [4.69, 9.17) is 9.84 Å². The molecule has 6 heteroatoms. The maximum absolute atomic E-state index is 10.6. The zero-order valence-corrected chi connectivity index (χ0v) is 10.8. The van der Waals surface area contributed by atoms with Gasteiger partial charge < -0.3 is 15.2 Å². The zero-order chi connectivity index (χ0) is 13.2. The predicted octanol–water partition coefficient (Wildman–Crippen LogP) is 2.32. The number of hydrogen-bond acceptors (Lipinski definition) is 5. The van der Waals surface area contributed by atoms with Gasteiger partial charge >= 0.3 is 5.97 Å². The molecule has 98 valence electrons. The molecular formula is C13H12N2O3S. The van der Waals surface area contributed by atoms with E-state index in [9.17, 15) is 4.79 Å². The van der Waals surface area contributed by atoms with Crippen LogP contribution in [-0.4, -0.2) is 22.7 Å². The van der Waals surface area contributed by atoms with Crippen molar-refractivity contribution in [1.29, 1.82) is 0 Å². The molecule has 1 unspecified atom stereocenters. The fourth-order valence-corrected chi connectivity index (χ4v) is 2.80. The lowest BCUT2D eigenvalue weighted by Crippen LogP contribution is -2.11. The Morgan fingerprint density at radius 2 is 2.37 bits per heavy atom. The van der Waals surface area contributed by atoms with Crippen LogP contribution in [-0.2, 0) is 11.2 Å². The Morgan fingerprint density at radius 3 is 3.21 bits per heavy atom. The summed E-state index contributed by atoms with van der Waals surface area (Å²) in [6.45, 7) is 0.563. The number of para-hydroxylation sites is 1. The van der Waals surface area contributed by atoms with Crippen LogP contribution < -0.4 is 10.1 Å². The first kappa shape index (κ1) is 12.0. The number of thiazole rings is 1. The van der Waals surface area contributed by atoms with Crippen molar-refractivity contribution in [2.45, 2.75) is 12.5 Å². The van der Waals surface area contributed by atoms with Crippen molar-refractivity contribution in [2.75, 3.05) is 11.9 Å². The van der Waals surface area contributed by atoms with E-state index in [0.29, 0.717) is 12.3 Å². The summed E-state index contributed by atoms with van der Waals surface area (Å²) in [5.74, 6) is 0.0220. The summed E-state index contributed by atoms with van der Waals surface area (Å²) in [5.41, 5.74) is 1.68. The number of aliphatic carboxylic acids is 1. The second-order valence-corrected chi connectivity index (χ2v) is 5.12. The van der Waals surface area contributed by atoms with Gasteiger partial charge in [-0.2, -0.15) is 0 Å². The van der Waals surface area contributed by atoms with E-state index in [-0.39, 0.29) is 12.5 Å². The van der Waals surface area contributed by atoms with Gasteiger partial charge in [-0.15, -0.1) is 11.3 Å². The summed E-state index contributed by atoms with van der Waals surface area (Å²) in [6.07, 6.45) is -0.0457. The molecule has 2 heterocycles. The van der Waals surface area contributed by atoms with Gasteiger partial charge in [-0.1, -0.05) is 18.2 Å². The summed E-state index contributed by atoms with van der Waals surface area (Å²) >= 11 is 1.41. The number of carboxylic acid groups (broad SMARTS) is 1. The molecule has 0 spiro atoms. The highest BCUT2D eigenvalue weighted by Gasteiger charge is 2.24. The van der Waals surface area contributed by atoms with Crippen molar-refractivity contribution >= 4 is 22.4 Å². The Balaban J connectivity index is 1.73. The first-order valence-corrected chi connectivity index (χ1v) is 6.75. The maximum atomic E-state index is 10.6. The molecule has 0 bridgehead atoms. The van der Waals surface area contributed by atoms with Gasteiger partial charge in [-0.3, -0.25) is 4.79 Å². The molecule has 0 radical (unpaired) electrons. The van der Waals surface area contributed by atoms with Crippen molar-refractivity contribution in [3.63, 3.8) is 0 Å². The van der Waals surface area contributed by atoms with Gasteiger partial charge in [-0.05, 0) is 6.07 Å². The normalized spacial score (nSPS) is 16.7. The zero-order valence-electron chi connectivity index (χ0n) is 10.00. The molecule has 19 heavy (non-hydrogen) atoms. The molecule has 3 rings (SSSR count). The lowest BCUT2D eigenvalue weighted by Gasteiger charge is -2.09. The topological polar surface area (TPSA) is 71.5 Å². The van der Waals surface area contributed by atoms with Gasteiger partial charge in [0, 0.05) is 10.9 Å². The van der Waals surface area contributed by atoms with Gasteiger partial charge in [0.2, 0.25) is 0 Å². The molecule has 1 atom stereocenters. The molecule has 5 nitrogen and oxygen atoms in total. The standard InChI is InChI=1S/C13H12N2O3S/c16-12(17)5-8-7-19-13(14-8)15-10-6-18-11-4-2-1-3-9(10)11/h1-4,7,10H,5-6H2,(H,14,15)(H,16,17). The number of nitrogens with zero attached hydrogens (tertiary/aromatic N) is 1. The molecule has 0 fully saturated rings. The molecule has 0 saturated carbocycles. The molecule has 1 aliphatic heterocycles. The number of anilines is 1. The average molecular weight is 276 g/mol. The molecule has 0 aliphatic carbocycles. The number of benzene rings is 1. The van der Waals surface area contributed by atoms with Crippen molar-refractivity contribution in [3.8, 4) is 5.75 Å². The Morgan fingerprint density at radius 1 is 1.53 bits per heavy atom. The number of carboxylic acids is 1. The highest BCUT2D eigenvalue weighted by molar-refractivity contribution is 7.13. The number of ether oxygens (including phenoxy) is 1. The van der Waals surface area contributed by atoms with Crippen LogP contribution in [0.15, 0.2) is 29.6 Å². The fraction of sp³-hybridized carbons (Fsp3) is 0.231. The minimum absolute atomic E-state index is 0.0457. The van der Waals surface area contributed by atoms with E-state index in [1.54, 1.807) is 5.38 Å². The van der Waals surface area contributed by atoms with Crippen LogP contribution in [0.1, 0.15) is 17.3 Å². The summed E-state index contributed by atoms with van der Waals surface area (Å²) in [5, 5.41) is 14.5. The third-order valence-corrected chi connectivity index (χ3v) is 3.70. The second-order valence-electron chi connectivity index (χ2n) is 4.26. The second kappa shape index (κ2) is 4.89. The monoisotopic (exact) mass is 276 g/mol.